The number of ether oxygens (including phenoxy) is 1. The Labute approximate surface area is 117 Å². The molecule has 0 saturated carbocycles. The van der Waals surface area contributed by atoms with Crippen molar-refractivity contribution in [3.8, 4) is 0 Å². The Morgan fingerprint density at radius 3 is 2.58 bits per heavy atom. The Morgan fingerprint density at radius 1 is 1.16 bits per heavy atom. The first-order chi connectivity index (χ1) is 9.14. The molecule has 3 nitrogen and oxygen atoms in total. The van der Waals surface area contributed by atoms with Gasteiger partial charge in [-0.05, 0) is 18.4 Å². The highest BCUT2D eigenvalue weighted by Gasteiger charge is 2.17. The lowest BCUT2D eigenvalue weighted by Gasteiger charge is -2.25. The third kappa shape index (κ3) is 7.98. The van der Waals surface area contributed by atoms with Crippen LogP contribution < -0.4 is 5.32 Å². The van der Waals surface area contributed by atoms with Crippen LogP contribution in [0.1, 0.15) is 32.3 Å². The summed E-state index contributed by atoms with van der Waals surface area (Å²) in [4.78, 5) is 0. The molecule has 0 atom stereocenters. The SMILES string of the molecule is CC(C)(CNCc1ccccc1)COCCCCO. The molecule has 19 heavy (non-hydrogen) atoms. The van der Waals surface area contributed by atoms with E-state index in [2.05, 4.69) is 43.4 Å². The van der Waals surface area contributed by atoms with Gasteiger partial charge in [-0.2, -0.15) is 0 Å². The van der Waals surface area contributed by atoms with Gasteiger partial charge in [0, 0.05) is 31.7 Å². The fraction of sp³-hybridized carbons (Fsp3) is 0.625. The fourth-order valence-electron chi connectivity index (χ4n) is 1.86. The van der Waals surface area contributed by atoms with Crippen molar-refractivity contribution in [3.05, 3.63) is 35.9 Å². The van der Waals surface area contributed by atoms with Crippen molar-refractivity contribution >= 4 is 0 Å². The van der Waals surface area contributed by atoms with Gasteiger partial charge >= 0.3 is 0 Å². The second kappa shape index (κ2) is 9.08. The van der Waals surface area contributed by atoms with E-state index in [9.17, 15) is 0 Å². The minimum atomic E-state index is 0.133. The van der Waals surface area contributed by atoms with Gasteiger partial charge < -0.3 is 15.2 Å². The van der Waals surface area contributed by atoms with Gasteiger partial charge in [-0.1, -0.05) is 44.2 Å². The van der Waals surface area contributed by atoms with Gasteiger partial charge in [0.25, 0.3) is 0 Å². The van der Waals surface area contributed by atoms with Crippen molar-refractivity contribution in [2.75, 3.05) is 26.4 Å². The van der Waals surface area contributed by atoms with E-state index < -0.39 is 0 Å². The average molecular weight is 265 g/mol. The zero-order valence-corrected chi connectivity index (χ0v) is 12.2. The van der Waals surface area contributed by atoms with Gasteiger partial charge in [0.2, 0.25) is 0 Å². The van der Waals surface area contributed by atoms with Crippen LogP contribution in [-0.4, -0.2) is 31.5 Å². The highest BCUT2D eigenvalue weighted by atomic mass is 16.5. The molecule has 0 aliphatic carbocycles. The molecule has 1 rings (SSSR count). The van der Waals surface area contributed by atoms with E-state index in [1.807, 2.05) is 6.07 Å². The molecular formula is C16H27NO2. The van der Waals surface area contributed by atoms with E-state index in [1.165, 1.54) is 5.56 Å². The second-order valence-electron chi connectivity index (χ2n) is 5.74. The maximum atomic E-state index is 8.68. The van der Waals surface area contributed by atoms with Crippen LogP contribution in [0, 0.1) is 5.41 Å². The maximum absolute atomic E-state index is 8.68. The van der Waals surface area contributed by atoms with Gasteiger partial charge in [0.05, 0.1) is 6.61 Å². The molecule has 3 heteroatoms. The number of rotatable bonds is 10. The molecule has 0 aromatic heterocycles. The summed E-state index contributed by atoms with van der Waals surface area (Å²) in [6.45, 7) is 7.99. The Hall–Kier alpha value is -0.900. The van der Waals surface area contributed by atoms with Crippen molar-refractivity contribution in [2.24, 2.45) is 5.41 Å². The van der Waals surface area contributed by atoms with E-state index in [0.717, 1.165) is 39.1 Å². The Kier molecular flexibility index (Phi) is 7.72. The van der Waals surface area contributed by atoms with Crippen molar-refractivity contribution in [2.45, 2.75) is 33.2 Å². The molecule has 2 N–H and O–H groups in total. The molecule has 0 radical (unpaired) electrons. The lowest BCUT2D eigenvalue weighted by molar-refractivity contribution is 0.0578. The molecule has 0 amide bonds. The lowest BCUT2D eigenvalue weighted by atomic mass is 9.95. The van der Waals surface area contributed by atoms with Gasteiger partial charge in [-0.25, -0.2) is 0 Å². The molecule has 0 fully saturated rings. The van der Waals surface area contributed by atoms with Gasteiger partial charge in [-0.15, -0.1) is 0 Å². The number of nitrogens with one attached hydrogen (secondary N) is 1. The molecular weight excluding hydrogens is 238 g/mol. The van der Waals surface area contributed by atoms with Crippen LogP contribution in [0.25, 0.3) is 0 Å². The Morgan fingerprint density at radius 2 is 1.89 bits per heavy atom. The van der Waals surface area contributed by atoms with Crippen LogP contribution in [0.3, 0.4) is 0 Å². The van der Waals surface area contributed by atoms with Gasteiger partial charge in [-0.3, -0.25) is 0 Å². The average Bonchev–Trinajstić information content (AvgIpc) is 2.39. The largest absolute Gasteiger partial charge is 0.396 e. The Bertz CT molecular complexity index is 325. The highest BCUT2D eigenvalue weighted by molar-refractivity contribution is 5.14. The maximum Gasteiger partial charge on any atom is 0.0529 e. The van der Waals surface area contributed by atoms with Crippen LogP contribution >= 0.6 is 0 Å². The minimum absolute atomic E-state index is 0.133. The summed E-state index contributed by atoms with van der Waals surface area (Å²) >= 11 is 0. The lowest BCUT2D eigenvalue weighted by Crippen LogP contribution is -2.33. The van der Waals surface area contributed by atoms with Crippen LogP contribution in [0.4, 0.5) is 0 Å². The molecule has 0 heterocycles. The number of aliphatic hydroxyl groups is 1. The summed E-state index contributed by atoms with van der Waals surface area (Å²) in [5.74, 6) is 0. The summed E-state index contributed by atoms with van der Waals surface area (Å²) in [6.07, 6.45) is 1.76. The standard InChI is InChI=1S/C16H27NO2/c1-16(2,14-19-11-7-6-10-18)13-17-12-15-8-4-3-5-9-15/h3-5,8-9,17-18H,6-7,10-14H2,1-2H3. The van der Waals surface area contributed by atoms with Crippen molar-refractivity contribution in [1.29, 1.82) is 0 Å². The molecule has 0 bridgehead atoms. The van der Waals surface area contributed by atoms with Crippen LogP contribution in [0.5, 0.6) is 0 Å². The smallest absolute Gasteiger partial charge is 0.0529 e. The van der Waals surface area contributed by atoms with E-state index in [1.54, 1.807) is 0 Å². The topological polar surface area (TPSA) is 41.5 Å². The molecule has 0 aliphatic heterocycles. The normalized spacial score (nSPS) is 11.7. The molecule has 108 valence electrons. The summed E-state index contributed by atoms with van der Waals surface area (Å²) in [7, 11) is 0. The van der Waals surface area contributed by atoms with Crippen LogP contribution in [0.2, 0.25) is 0 Å². The number of benzene rings is 1. The van der Waals surface area contributed by atoms with E-state index in [-0.39, 0.29) is 12.0 Å². The quantitative estimate of drug-likeness (QED) is 0.639. The third-order valence-electron chi connectivity index (χ3n) is 2.97. The number of unbranched alkanes of at least 4 members (excludes halogenated alkanes) is 1. The first kappa shape index (κ1) is 16.2. The van der Waals surface area contributed by atoms with Crippen molar-refractivity contribution in [1.82, 2.24) is 5.32 Å². The van der Waals surface area contributed by atoms with E-state index >= 15 is 0 Å². The molecule has 1 aromatic carbocycles. The molecule has 0 saturated heterocycles. The Balaban J connectivity index is 2.12. The van der Waals surface area contributed by atoms with Crippen molar-refractivity contribution < 1.29 is 9.84 Å². The summed E-state index contributed by atoms with van der Waals surface area (Å²) in [5.41, 5.74) is 1.44. The molecule has 0 aliphatic rings. The molecule has 0 spiro atoms. The summed E-state index contributed by atoms with van der Waals surface area (Å²) in [6, 6.07) is 10.4. The first-order valence-corrected chi connectivity index (χ1v) is 7.07. The number of aliphatic hydroxyl groups excluding tert-OH is 1. The molecule has 0 unspecified atom stereocenters. The summed E-state index contributed by atoms with van der Waals surface area (Å²) < 4.78 is 5.65. The second-order valence-corrected chi connectivity index (χ2v) is 5.74. The number of hydrogen-bond acceptors (Lipinski definition) is 3. The van der Waals surface area contributed by atoms with Crippen molar-refractivity contribution in [3.63, 3.8) is 0 Å². The van der Waals surface area contributed by atoms with Gasteiger partial charge in [0.1, 0.15) is 0 Å². The zero-order chi connectivity index (χ0) is 14.0. The predicted octanol–water partition coefficient (Wildman–Crippen LogP) is 2.59. The van der Waals surface area contributed by atoms with Gasteiger partial charge in [0.15, 0.2) is 0 Å². The first-order valence-electron chi connectivity index (χ1n) is 7.07. The third-order valence-corrected chi connectivity index (χ3v) is 2.97. The van der Waals surface area contributed by atoms with E-state index in [4.69, 9.17) is 9.84 Å². The summed E-state index contributed by atoms with van der Waals surface area (Å²) in [5, 5.41) is 12.2. The van der Waals surface area contributed by atoms with Crippen LogP contribution in [0.15, 0.2) is 30.3 Å². The number of hydrogen-bond donors (Lipinski definition) is 2. The predicted molar refractivity (Wildman–Crippen MR) is 79.1 cm³/mol. The minimum Gasteiger partial charge on any atom is -0.396 e. The fourth-order valence-corrected chi connectivity index (χ4v) is 1.86. The molecule has 1 aromatic rings. The highest BCUT2D eigenvalue weighted by Crippen LogP contribution is 2.14. The monoisotopic (exact) mass is 265 g/mol. The zero-order valence-electron chi connectivity index (χ0n) is 12.2. The van der Waals surface area contributed by atoms with E-state index in [0.29, 0.717) is 0 Å². The van der Waals surface area contributed by atoms with Crippen LogP contribution in [-0.2, 0) is 11.3 Å².